The maximum Gasteiger partial charge on any atom is 0.221 e. The fraction of sp³-hybridized carbons (Fsp3) is 0.692. The van der Waals surface area contributed by atoms with E-state index in [0.29, 0.717) is 17.6 Å². The van der Waals surface area contributed by atoms with Crippen LogP contribution in [0.15, 0.2) is 6.33 Å². The summed E-state index contributed by atoms with van der Waals surface area (Å²) in [6.07, 6.45) is 8.62. The van der Waals surface area contributed by atoms with Crippen LogP contribution in [0.1, 0.15) is 44.6 Å². The van der Waals surface area contributed by atoms with E-state index in [0.717, 1.165) is 25.0 Å². The van der Waals surface area contributed by atoms with Crippen molar-refractivity contribution < 1.29 is 4.74 Å². The molecule has 0 spiro atoms. The number of nitrogen functional groups attached to an aromatic ring is 1. The predicted octanol–water partition coefficient (Wildman–Crippen LogP) is 2.58. The second kappa shape index (κ2) is 5.84. The standard InChI is InChI=1S/C13H21N3O/c1-2-5-11-12(14)15-9-16-13(11)17-8-10-6-3-4-7-10/h9-10H,2-8H2,1H3,(H2,14,15,16). The van der Waals surface area contributed by atoms with E-state index in [4.69, 9.17) is 10.5 Å². The summed E-state index contributed by atoms with van der Waals surface area (Å²) in [7, 11) is 0. The molecule has 2 N–H and O–H groups in total. The first-order valence-corrected chi connectivity index (χ1v) is 6.53. The fourth-order valence-electron chi connectivity index (χ4n) is 2.39. The Balaban J connectivity index is 2.00. The minimum atomic E-state index is 0.559. The van der Waals surface area contributed by atoms with Gasteiger partial charge >= 0.3 is 0 Å². The van der Waals surface area contributed by atoms with Crippen LogP contribution >= 0.6 is 0 Å². The second-order valence-corrected chi connectivity index (χ2v) is 4.75. The summed E-state index contributed by atoms with van der Waals surface area (Å²) >= 11 is 0. The zero-order chi connectivity index (χ0) is 12.1. The first-order chi connectivity index (χ1) is 8.31. The highest BCUT2D eigenvalue weighted by Crippen LogP contribution is 2.27. The van der Waals surface area contributed by atoms with Crippen molar-refractivity contribution in [3.05, 3.63) is 11.9 Å². The average Bonchev–Trinajstić information content (AvgIpc) is 2.83. The topological polar surface area (TPSA) is 61.0 Å². The van der Waals surface area contributed by atoms with Gasteiger partial charge in [-0.25, -0.2) is 9.97 Å². The second-order valence-electron chi connectivity index (χ2n) is 4.75. The van der Waals surface area contributed by atoms with Crippen LogP contribution in [-0.2, 0) is 6.42 Å². The van der Waals surface area contributed by atoms with Crippen LogP contribution in [0.2, 0.25) is 0 Å². The van der Waals surface area contributed by atoms with E-state index in [1.807, 2.05) is 0 Å². The number of nitrogens with two attached hydrogens (primary N) is 1. The molecule has 1 saturated carbocycles. The van der Waals surface area contributed by atoms with Crippen molar-refractivity contribution in [2.24, 2.45) is 5.92 Å². The van der Waals surface area contributed by atoms with Crippen LogP contribution < -0.4 is 10.5 Å². The van der Waals surface area contributed by atoms with Crippen molar-refractivity contribution in [2.45, 2.75) is 45.4 Å². The molecule has 0 amide bonds. The lowest BCUT2D eigenvalue weighted by Gasteiger charge is -2.14. The van der Waals surface area contributed by atoms with E-state index < -0.39 is 0 Å². The molecule has 4 nitrogen and oxygen atoms in total. The summed E-state index contributed by atoms with van der Waals surface area (Å²) in [5, 5.41) is 0. The molecule has 0 unspecified atom stereocenters. The molecule has 1 heterocycles. The van der Waals surface area contributed by atoms with Crippen LogP contribution in [-0.4, -0.2) is 16.6 Å². The molecule has 0 aromatic carbocycles. The van der Waals surface area contributed by atoms with Gasteiger partial charge in [-0.3, -0.25) is 0 Å². The van der Waals surface area contributed by atoms with E-state index in [1.54, 1.807) is 0 Å². The molecule has 0 saturated heterocycles. The molecule has 2 rings (SSSR count). The minimum absolute atomic E-state index is 0.559. The number of rotatable bonds is 5. The van der Waals surface area contributed by atoms with Gasteiger partial charge in [-0.15, -0.1) is 0 Å². The Hall–Kier alpha value is -1.32. The maximum atomic E-state index is 5.86. The molecular formula is C13H21N3O. The minimum Gasteiger partial charge on any atom is -0.477 e. The van der Waals surface area contributed by atoms with Gasteiger partial charge in [-0.2, -0.15) is 0 Å². The van der Waals surface area contributed by atoms with Gasteiger partial charge < -0.3 is 10.5 Å². The molecular weight excluding hydrogens is 214 g/mol. The molecule has 17 heavy (non-hydrogen) atoms. The summed E-state index contributed by atoms with van der Waals surface area (Å²) in [5.41, 5.74) is 6.83. The van der Waals surface area contributed by atoms with Gasteiger partial charge in [0, 0.05) is 0 Å². The molecule has 1 aliphatic carbocycles. The molecule has 94 valence electrons. The highest BCUT2D eigenvalue weighted by Gasteiger charge is 2.17. The molecule has 1 aliphatic rings. The number of nitrogens with zero attached hydrogens (tertiary/aromatic N) is 2. The maximum absolute atomic E-state index is 5.86. The van der Waals surface area contributed by atoms with Crippen molar-refractivity contribution in [2.75, 3.05) is 12.3 Å². The van der Waals surface area contributed by atoms with E-state index in [1.165, 1.54) is 32.0 Å². The van der Waals surface area contributed by atoms with Gasteiger partial charge in [0.05, 0.1) is 12.2 Å². The van der Waals surface area contributed by atoms with Crippen LogP contribution in [0.4, 0.5) is 5.82 Å². The van der Waals surface area contributed by atoms with E-state index in [-0.39, 0.29) is 0 Å². The van der Waals surface area contributed by atoms with Gasteiger partial charge in [0.1, 0.15) is 12.1 Å². The third kappa shape index (κ3) is 3.08. The summed E-state index contributed by atoms with van der Waals surface area (Å²) in [5.74, 6) is 1.94. The summed E-state index contributed by atoms with van der Waals surface area (Å²) in [4.78, 5) is 8.23. The molecule has 1 aromatic rings. The predicted molar refractivity (Wildman–Crippen MR) is 67.9 cm³/mol. The summed E-state index contributed by atoms with van der Waals surface area (Å²) < 4.78 is 5.82. The SMILES string of the molecule is CCCc1c(N)ncnc1OCC1CCCC1. The average molecular weight is 235 g/mol. The molecule has 0 atom stereocenters. The van der Waals surface area contributed by atoms with Gasteiger partial charge in [0.15, 0.2) is 0 Å². The smallest absolute Gasteiger partial charge is 0.221 e. The Morgan fingerprint density at radius 1 is 1.35 bits per heavy atom. The normalized spacial score (nSPS) is 16.3. The number of hydrogen-bond donors (Lipinski definition) is 1. The summed E-state index contributed by atoms with van der Waals surface area (Å²) in [6, 6.07) is 0. The molecule has 4 heteroatoms. The Morgan fingerprint density at radius 3 is 2.82 bits per heavy atom. The monoisotopic (exact) mass is 235 g/mol. The lowest BCUT2D eigenvalue weighted by molar-refractivity contribution is 0.241. The van der Waals surface area contributed by atoms with E-state index in [9.17, 15) is 0 Å². The van der Waals surface area contributed by atoms with Crippen molar-refractivity contribution in [1.82, 2.24) is 9.97 Å². The van der Waals surface area contributed by atoms with Gasteiger partial charge in [0.25, 0.3) is 0 Å². The molecule has 1 fully saturated rings. The first-order valence-electron chi connectivity index (χ1n) is 6.53. The van der Waals surface area contributed by atoms with Crippen molar-refractivity contribution in [1.29, 1.82) is 0 Å². The Labute approximate surface area is 103 Å². The van der Waals surface area contributed by atoms with Crippen LogP contribution in [0.3, 0.4) is 0 Å². The molecule has 1 aromatic heterocycles. The van der Waals surface area contributed by atoms with E-state index >= 15 is 0 Å². The van der Waals surface area contributed by atoms with Gasteiger partial charge in [-0.1, -0.05) is 26.2 Å². The first kappa shape index (κ1) is 12.1. The van der Waals surface area contributed by atoms with Crippen LogP contribution in [0.5, 0.6) is 5.88 Å². The molecule has 0 radical (unpaired) electrons. The fourth-order valence-corrected chi connectivity index (χ4v) is 2.39. The van der Waals surface area contributed by atoms with E-state index in [2.05, 4.69) is 16.9 Å². The lowest BCUT2D eigenvalue weighted by atomic mass is 10.1. The third-order valence-corrected chi connectivity index (χ3v) is 3.37. The lowest BCUT2D eigenvalue weighted by Crippen LogP contribution is -2.11. The highest BCUT2D eigenvalue weighted by atomic mass is 16.5. The zero-order valence-corrected chi connectivity index (χ0v) is 10.5. The van der Waals surface area contributed by atoms with Gasteiger partial charge in [0.2, 0.25) is 5.88 Å². The van der Waals surface area contributed by atoms with Gasteiger partial charge in [-0.05, 0) is 25.2 Å². The number of ether oxygens (including phenoxy) is 1. The zero-order valence-electron chi connectivity index (χ0n) is 10.5. The third-order valence-electron chi connectivity index (χ3n) is 3.37. The number of aromatic nitrogens is 2. The summed E-state index contributed by atoms with van der Waals surface area (Å²) in [6.45, 7) is 2.89. The van der Waals surface area contributed by atoms with Crippen molar-refractivity contribution in [3.63, 3.8) is 0 Å². The molecule has 0 bridgehead atoms. The Kier molecular flexibility index (Phi) is 4.18. The van der Waals surface area contributed by atoms with Crippen molar-refractivity contribution >= 4 is 5.82 Å². The van der Waals surface area contributed by atoms with Crippen LogP contribution in [0, 0.1) is 5.92 Å². The largest absolute Gasteiger partial charge is 0.477 e. The highest BCUT2D eigenvalue weighted by molar-refractivity contribution is 5.44. The number of hydrogen-bond acceptors (Lipinski definition) is 4. The number of anilines is 1. The molecule has 0 aliphatic heterocycles. The quantitative estimate of drug-likeness (QED) is 0.852. The van der Waals surface area contributed by atoms with Crippen LogP contribution in [0.25, 0.3) is 0 Å². The Bertz CT molecular complexity index is 362. The van der Waals surface area contributed by atoms with Crippen molar-refractivity contribution in [3.8, 4) is 5.88 Å². The Morgan fingerprint density at radius 2 is 2.12 bits per heavy atom.